The molecule has 0 amide bonds. The van der Waals surface area contributed by atoms with Gasteiger partial charge in [-0.1, -0.05) is 0 Å². The zero-order valence-corrected chi connectivity index (χ0v) is 6.59. The molecular formula is C6H3N3O2S. The normalized spacial score (nSPS) is 8.92. The lowest BCUT2D eigenvalue weighted by Crippen LogP contribution is -1.95. The Morgan fingerprint density at radius 2 is 2.33 bits per heavy atom. The minimum atomic E-state index is -0.672. The highest BCUT2D eigenvalue weighted by molar-refractivity contribution is 7.71. The number of hydrogen-bond donors (Lipinski definition) is 1. The van der Waals surface area contributed by atoms with Gasteiger partial charge in [0.2, 0.25) is 0 Å². The van der Waals surface area contributed by atoms with E-state index in [9.17, 15) is 10.1 Å². The summed E-state index contributed by atoms with van der Waals surface area (Å²) in [5.41, 5.74) is -0.0198. The molecule has 0 bridgehead atoms. The number of aromatic amines is 1. The van der Waals surface area contributed by atoms with Gasteiger partial charge in [0.25, 0.3) is 0 Å². The maximum Gasteiger partial charge on any atom is 0.339 e. The van der Waals surface area contributed by atoms with Crippen molar-refractivity contribution < 1.29 is 4.92 Å². The van der Waals surface area contributed by atoms with Crippen LogP contribution in [0.1, 0.15) is 5.56 Å². The predicted octanol–water partition coefficient (Wildman–Crippen LogP) is 1.52. The molecule has 0 unspecified atom stereocenters. The van der Waals surface area contributed by atoms with Crippen LogP contribution in [0.2, 0.25) is 0 Å². The van der Waals surface area contributed by atoms with Crippen LogP contribution in [0.25, 0.3) is 0 Å². The van der Waals surface area contributed by atoms with Gasteiger partial charge in [0.05, 0.1) is 0 Å². The van der Waals surface area contributed by atoms with Gasteiger partial charge in [-0.25, -0.2) is 4.98 Å². The zero-order chi connectivity index (χ0) is 9.14. The minimum Gasteiger partial charge on any atom is -0.358 e. The molecule has 12 heavy (non-hydrogen) atoms. The van der Waals surface area contributed by atoms with E-state index >= 15 is 0 Å². The highest BCUT2D eigenvalue weighted by Gasteiger charge is 2.10. The third-order valence-corrected chi connectivity index (χ3v) is 1.44. The van der Waals surface area contributed by atoms with Crippen molar-refractivity contribution in [1.29, 1.82) is 5.26 Å². The van der Waals surface area contributed by atoms with Crippen molar-refractivity contribution in [3.8, 4) is 6.07 Å². The van der Waals surface area contributed by atoms with Crippen LogP contribution in [0.3, 0.4) is 0 Å². The number of nitriles is 1. The van der Waals surface area contributed by atoms with Gasteiger partial charge in [0, 0.05) is 0 Å². The summed E-state index contributed by atoms with van der Waals surface area (Å²) in [5, 5.41) is 18.8. The minimum absolute atomic E-state index is 0.0198. The maximum absolute atomic E-state index is 10.3. The molecule has 0 radical (unpaired) electrons. The molecule has 60 valence electrons. The largest absolute Gasteiger partial charge is 0.358 e. The van der Waals surface area contributed by atoms with Crippen LogP contribution in [0, 0.1) is 26.1 Å². The van der Waals surface area contributed by atoms with E-state index in [1.54, 1.807) is 6.07 Å². The molecule has 1 rings (SSSR count). The second-order valence-corrected chi connectivity index (χ2v) is 2.39. The molecular weight excluding hydrogens is 178 g/mol. The summed E-state index contributed by atoms with van der Waals surface area (Å²) in [7, 11) is 0. The van der Waals surface area contributed by atoms with Crippen LogP contribution >= 0.6 is 12.2 Å². The van der Waals surface area contributed by atoms with Crippen molar-refractivity contribution in [1.82, 2.24) is 4.98 Å². The Morgan fingerprint density at radius 1 is 1.67 bits per heavy atom. The third kappa shape index (κ3) is 1.46. The standard InChI is InChI=1S/C6H3N3O2S/c7-3-4-1-2-5(12)8-6(4)9(10)11/h1-2H,(H,8,12). The number of nitrogens with one attached hydrogen (secondary N) is 1. The van der Waals surface area contributed by atoms with Crippen LogP contribution < -0.4 is 0 Å². The first-order valence-corrected chi connectivity index (χ1v) is 3.34. The molecule has 0 aliphatic carbocycles. The molecule has 0 saturated carbocycles. The third-order valence-electron chi connectivity index (χ3n) is 1.20. The van der Waals surface area contributed by atoms with Gasteiger partial charge < -0.3 is 10.1 Å². The summed E-state index contributed by atoms with van der Waals surface area (Å²) in [6.45, 7) is 0. The first kappa shape index (κ1) is 8.36. The Balaban J connectivity index is 3.44. The molecule has 6 heteroatoms. The molecule has 0 saturated heterocycles. The Labute approximate surface area is 72.4 Å². The number of aromatic nitrogens is 1. The molecule has 1 N–H and O–H groups in total. The van der Waals surface area contributed by atoms with Crippen molar-refractivity contribution in [3.05, 3.63) is 32.5 Å². The summed E-state index contributed by atoms with van der Waals surface area (Å²) in [4.78, 5) is 12.0. The van der Waals surface area contributed by atoms with Crippen molar-refractivity contribution in [2.24, 2.45) is 0 Å². The molecule has 1 aromatic heterocycles. The number of rotatable bonds is 1. The van der Waals surface area contributed by atoms with Crippen LogP contribution in [0.4, 0.5) is 5.82 Å². The van der Waals surface area contributed by atoms with Gasteiger partial charge in [0.1, 0.15) is 11.6 Å². The average Bonchev–Trinajstić information content (AvgIpc) is 2.04. The SMILES string of the molecule is N#Cc1ccc(=S)[nH]c1[N+](=O)[O-]. The fraction of sp³-hybridized carbons (Fsp3) is 0. The number of hydrogen-bond acceptors (Lipinski definition) is 4. The highest BCUT2D eigenvalue weighted by Crippen LogP contribution is 2.12. The summed E-state index contributed by atoms with van der Waals surface area (Å²) < 4.78 is 0.237. The van der Waals surface area contributed by atoms with Gasteiger partial charge in [-0.15, -0.1) is 0 Å². The van der Waals surface area contributed by atoms with Gasteiger partial charge in [-0.05, 0) is 29.3 Å². The molecule has 1 heterocycles. The second-order valence-electron chi connectivity index (χ2n) is 1.95. The van der Waals surface area contributed by atoms with Crippen molar-refractivity contribution >= 4 is 18.0 Å². The summed E-state index contributed by atoms with van der Waals surface area (Å²) >= 11 is 4.66. The lowest BCUT2D eigenvalue weighted by molar-refractivity contribution is -0.389. The molecule has 0 atom stereocenters. The summed E-state index contributed by atoms with van der Waals surface area (Å²) in [6.07, 6.45) is 0. The lowest BCUT2D eigenvalue weighted by Gasteiger charge is -1.94. The van der Waals surface area contributed by atoms with Gasteiger partial charge in [-0.2, -0.15) is 5.26 Å². The van der Waals surface area contributed by atoms with Crippen molar-refractivity contribution in [2.45, 2.75) is 0 Å². The topological polar surface area (TPSA) is 82.7 Å². The number of nitro groups is 1. The van der Waals surface area contributed by atoms with Gasteiger partial charge in [0.15, 0.2) is 4.64 Å². The Bertz CT molecular complexity index is 418. The molecule has 5 nitrogen and oxygen atoms in total. The van der Waals surface area contributed by atoms with Crippen molar-refractivity contribution in [2.75, 3.05) is 0 Å². The lowest BCUT2D eigenvalue weighted by atomic mass is 10.3. The Morgan fingerprint density at radius 3 is 2.83 bits per heavy atom. The van der Waals surface area contributed by atoms with E-state index in [1.165, 1.54) is 12.1 Å². The van der Waals surface area contributed by atoms with Crippen LogP contribution in [0.15, 0.2) is 12.1 Å². The smallest absolute Gasteiger partial charge is 0.339 e. The molecule has 0 fully saturated rings. The van der Waals surface area contributed by atoms with Crippen LogP contribution in [-0.2, 0) is 0 Å². The van der Waals surface area contributed by atoms with Crippen LogP contribution in [0.5, 0.6) is 0 Å². The van der Waals surface area contributed by atoms with E-state index in [-0.39, 0.29) is 16.0 Å². The van der Waals surface area contributed by atoms with E-state index in [1.807, 2.05) is 0 Å². The first-order chi connectivity index (χ1) is 5.65. The van der Waals surface area contributed by atoms with E-state index in [0.29, 0.717) is 0 Å². The van der Waals surface area contributed by atoms with E-state index in [4.69, 9.17) is 5.26 Å². The fourth-order valence-corrected chi connectivity index (χ4v) is 0.863. The van der Waals surface area contributed by atoms with Crippen LogP contribution in [-0.4, -0.2) is 9.91 Å². The molecule has 0 aliphatic rings. The highest BCUT2D eigenvalue weighted by atomic mass is 32.1. The van der Waals surface area contributed by atoms with E-state index in [2.05, 4.69) is 17.2 Å². The first-order valence-electron chi connectivity index (χ1n) is 2.93. The van der Waals surface area contributed by atoms with Crippen molar-refractivity contribution in [3.63, 3.8) is 0 Å². The predicted molar refractivity (Wildman–Crippen MR) is 43.0 cm³/mol. The monoisotopic (exact) mass is 181 g/mol. The maximum atomic E-state index is 10.3. The zero-order valence-electron chi connectivity index (χ0n) is 5.77. The Kier molecular flexibility index (Phi) is 2.16. The number of nitrogens with zero attached hydrogens (tertiary/aromatic N) is 2. The average molecular weight is 181 g/mol. The number of pyridine rings is 1. The Hall–Kier alpha value is -1.74. The summed E-state index contributed by atoms with van der Waals surface area (Å²) in [5.74, 6) is -0.356. The molecule has 0 aromatic carbocycles. The summed E-state index contributed by atoms with van der Waals surface area (Å²) in [6, 6.07) is 4.43. The molecule has 0 spiro atoms. The second kappa shape index (κ2) is 3.11. The molecule has 0 aliphatic heterocycles. The van der Waals surface area contributed by atoms with Gasteiger partial charge >= 0.3 is 5.82 Å². The van der Waals surface area contributed by atoms with E-state index < -0.39 is 4.92 Å². The quantitative estimate of drug-likeness (QED) is 0.404. The van der Waals surface area contributed by atoms with Gasteiger partial charge in [-0.3, -0.25) is 0 Å². The molecule has 1 aromatic rings. The number of H-pyrrole nitrogens is 1. The van der Waals surface area contributed by atoms with E-state index in [0.717, 1.165) is 0 Å². The fourth-order valence-electron chi connectivity index (χ4n) is 0.698.